The lowest BCUT2D eigenvalue weighted by Gasteiger charge is -2.28. The molecule has 1 rings (SSSR count). The monoisotopic (exact) mass is 275 g/mol. The van der Waals surface area contributed by atoms with Gasteiger partial charge in [0.1, 0.15) is 0 Å². The van der Waals surface area contributed by atoms with Gasteiger partial charge in [0.2, 0.25) is 0 Å². The van der Waals surface area contributed by atoms with Crippen LogP contribution in [-0.4, -0.2) is 12.6 Å². The summed E-state index contributed by atoms with van der Waals surface area (Å²) in [5, 5.41) is 3.74. The Balaban J connectivity index is 2.81. The largest absolute Gasteiger partial charge is 0.314 e. The molecule has 1 nitrogen and oxygen atoms in total. The average Bonchev–Trinajstić information content (AvgIpc) is 2.43. The van der Waals surface area contributed by atoms with E-state index in [4.69, 9.17) is 0 Å². The van der Waals surface area contributed by atoms with E-state index in [0.717, 1.165) is 12.5 Å². The van der Waals surface area contributed by atoms with E-state index < -0.39 is 0 Å². The van der Waals surface area contributed by atoms with E-state index in [2.05, 4.69) is 58.1 Å². The minimum Gasteiger partial charge on any atom is -0.314 e. The summed E-state index contributed by atoms with van der Waals surface area (Å²) in [7, 11) is 0. The van der Waals surface area contributed by atoms with Crippen molar-refractivity contribution in [3.63, 3.8) is 0 Å². The molecule has 0 fully saturated rings. The maximum Gasteiger partial charge on any atom is 0.0136 e. The van der Waals surface area contributed by atoms with Gasteiger partial charge in [-0.25, -0.2) is 0 Å². The number of rotatable bonds is 9. The molecule has 0 spiro atoms. The van der Waals surface area contributed by atoms with Crippen LogP contribution in [0.1, 0.15) is 63.1 Å². The number of unbranched alkanes of at least 4 members (excludes halogenated alkanes) is 1. The van der Waals surface area contributed by atoms with Crippen LogP contribution in [0.5, 0.6) is 0 Å². The van der Waals surface area contributed by atoms with Crippen molar-refractivity contribution in [2.24, 2.45) is 5.92 Å². The Bertz CT molecular complexity index is 383. The van der Waals surface area contributed by atoms with Crippen LogP contribution in [0, 0.1) is 19.8 Å². The molecular weight excluding hydrogens is 242 g/mol. The molecule has 0 aromatic heterocycles. The fraction of sp³-hybridized carbons (Fsp3) is 0.684. The molecule has 2 atom stereocenters. The fourth-order valence-electron chi connectivity index (χ4n) is 3.08. The second-order valence-electron chi connectivity index (χ2n) is 6.11. The van der Waals surface area contributed by atoms with Gasteiger partial charge in [-0.2, -0.15) is 0 Å². The van der Waals surface area contributed by atoms with E-state index in [1.165, 1.54) is 48.8 Å². The molecule has 0 radical (unpaired) electrons. The van der Waals surface area contributed by atoms with Gasteiger partial charge in [-0.15, -0.1) is 0 Å². The molecule has 0 heterocycles. The van der Waals surface area contributed by atoms with E-state index in [-0.39, 0.29) is 0 Å². The Morgan fingerprint density at radius 1 is 1.10 bits per heavy atom. The highest BCUT2D eigenvalue weighted by Crippen LogP contribution is 2.22. The quantitative estimate of drug-likeness (QED) is 0.665. The zero-order valence-corrected chi connectivity index (χ0v) is 14.1. The standard InChI is InChI=1S/C19H33N/c1-6-9-10-17(7-2)19(20-8-3)14-18-13-15(4)11-12-16(18)5/h11-13,17,19-20H,6-10,14H2,1-5H3. The summed E-state index contributed by atoms with van der Waals surface area (Å²) in [4.78, 5) is 0. The Kier molecular flexibility index (Phi) is 7.91. The zero-order chi connectivity index (χ0) is 15.0. The van der Waals surface area contributed by atoms with Crippen LogP contribution in [0.15, 0.2) is 18.2 Å². The topological polar surface area (TPSA) is 12.0 Å². The van der Waals surface area contributed by atoms with Crippen LogP contribution in [0.2, 0.25) is 0 Å². The van der Waals surface area contributed by atoms with Gasteiger partial charge in [0.25, 0.3) is 0 Å². The average molecular weight is 275 g/mol. The first-order valence-electron chi connectivity index (χ1n) is 8.41. The minimum absolute atomic E-state index is 0.622. The molecule has 1 aromatic rings. The molecule has 0 aliphatic carbocycles. The van der Waals surface area contributed by atoms with Crippen molar-refractivity contribution in [2.45, 2.75) is 72.8 Å². The highest BCUT2D eigenvalue weighted by atomic mass is 14.9. The lowest BCUT2D eigenvalue weighted by molar-refractivity contribution is 0.319. The van der Waals surface area contributed by atoms with Crippen LogP contribution in [0.3, 0.4) is 0 Å². The molecule has 1 heteroatoms. The first kappa shape index (κ1) is 17.2. The number of likely N-dealkylation sites (N-methyl/N-ethyl adjacent to an activating group) is 1. The number of benzene rings is 1. The van der Waals surface area contributed by atoms with Crippen LogP contribution in [-0.2, 0) is 6.42 Å². The van der Waals surface area contributed by atoms with E-state index in [9.17, 15) is 0 Å². The lowest BCUT2D eigenvalue weighted by Crippen LogP contribution is -2.38. The third-order valence-electron chi connectivity index (χ3n) is 4.43. The zero-order valence-electron chi connectivity index (χ0n) is 14.1. The van der Waals surface area contributed by atoms with Crippen molar-refractivity contribution < 1.29 is 0 Å². The van der Waals surface area contributed by atoms with Crippen LogP contribution < -0.4 is 5.32 Å². The third-order valence-corrected chi connectivity index (χ3v) is 4.43. The molecule has 0 saturated heterocycles. The molecule has 0 aliphatic heterocycles. The van der Waals surface area contributed by atoms with Gasteiger partial charge in [0.05, 0.1) is 0 Å². The maximum absolute atomic E-state index is 3.74. The summed E-state index contributed by atoms with van der Waals surface area (Å²) in [6, 6.07) is 7.47. The molecule has 1 aromatic carbocycles. The van der Waals surface area contributed by atoms with Gasteiger partial charge in [-0.05, 0) is 50.3 Å². The van der Waals surface area contributed by atoms with Crippen LogP contribution >= 0.6 is 0 Å². The molecule has 0 amide bonds. The summed E-state index contributed by atoms with van der Waals surface area (Å²) in [5.41, 5.74) is 4.33. The molecule has 1 N–H and O–H groups in total. The van der Waals surface area contributed by atoms with Crippen molar-refractivity contribution in [3.05, 3.63) is 34.9 Å². The number of aryl methyl sites for hydroxylation is 2. The molecule has 2 unspecified atom stereocenters. The van der Waals surface area contributed by atoms with Gasteiger partial charge in [-0.1, -0.05) is 63.8 Å². The Labute approximate surface area is 126 Å². The smallest absolute Gasteiger partial charge is 0.0136 e. The number of nitrogens with one attached hydrogen (secondary N) is 1. The van der Waals surface area contributed by atoms with Crippen molar-refractivity contribution >= 4 is 0 Å². The van der Waals surface area contributed by atoms with E-state index in [1.54, 1.807) is 0 Å². The van der Waals surface area contributed by atoms with Crippen molar-refractivity contribution in [2.75, 3.05) is 6.54 Å². The molecule has 20 heavy (non-hydrogen) atoms. The van der Waals surface area contributed by atoms with Gasteiger partial charge in [0.15, 0.2) is 0 Å². The SMILES string of the molecule is CCCCC(CC)C(Cc1cc(C)ccc1C)NCC. The van der Waals surface area contributed by atoms with Crippen molar-refractivity contribution in [1.82, 2.24) is 5.32 Å². The van der Waals surface area contributed by atoms with E-state index >= 15 is 0 Å². The maximum atomic E-state index is 3.74. The van der Waals surface area contributed by atoms with Crippen LogP contribution in [0.25, 0.3) is 0 Å². The second-order valence-corrected chi connectivity index (χ2v) is 6.11. The predicted octanol–water partition coefficient (Wildman–Crippen LogP) is 5.04. The summed E-state index contributed by atoms with van der Waals surface area (Å²) in [6.45, 7) is 12.4. The summed E-state index contributed by atoms with van der Waals surface area (Å²) >= 11 is 0. The highest BCUT2D eigenvalue weighted by molar-refractivity contribution is 5.31. The summed E-state index contributed by atoms with van der Waals surface area (Å²) < 4.78 is 0. The molecule has 0 bridgehead atoms. The molecule has 0 aliphatic rings. The lowest BCUT2D eigenvalue weighted by atomic mass is 9.86. The normalized spacial score (nSPS) is 14.2. The minimum atomic E-state index is 0.622. The van der Waals surface area contributed by atoms with Crippen LogP contribution in [0.4, 0.5) is 0 Å². The van der Waals surface area contributed by atoms with Gasteiger partial charge in [-0.3, -0.25) is 0 Å². The number of hydrogen-bond acceptors (Lipinski definition) is 1. The van der Waals surface area contributed by atoms with Gasteiger partial charge in [0, 0.05) is 6.04 Å². The molecule has 114 valence electrons. The molecule has 0 saturated carbocycles. The van der Waals surface area contributed by atoms with Gasteiger partial charge >= 0.3 is 0 Å². The third kappa shape index (κ3) is 5.28. The highest BCUT2D eigenvalue weighted by Gasteiger charge is 2.19. The van der Waals surface area contributed by atoms with Crippen molar-refractivity contribution in [3.8, 4) is 0 Å². The van der Waals surface area contributed by atoms with E-state index in [1.807, 2.05) is 0 Å². The fourth-order valence-corrected chi connectivity index (χ4v) is 3.08. The van der Waals surface area contributed by atoms with E-state index in [0.29, 0.717) is 6.04 Å². The Morgan fingerprint density at radius 2 is 1.85 bits per heavy atom. The second kappa shape index (κ2) is 9.18. The first-order valence-corrected chi connectivity index (χ1v) is 8.41. The Hall–Kier alpha value is -0.820. The van der Waals surface area contributed by atoms with Gasteiger partial charge < -0.3 is 5.32 Å². The first-order chi connectivity index (χ1) is 9.62. The number of hydrogen-bond donors (Lipinski definition) is 1. The predicted molar refractivity (Wildman–Crippen MR) is 90.4 cm³/mol. The molecular formula is C19H33N. The Morgan fingerprint density at radius 3 is 2.45 bits per heavy atom. The summed E-state index contributed by atoms with van der Waals surface area (Å²) in [6.07, 6.45) is 6.47. The summed E-state index contributed by atoms with van der Waals surface area (Å²) in [5.74, 6) is 0.801. The van der Waals surface area contributed by atoms with Crippen molar-refractivity contribution in [1.29, 1.82) is 0 Å².